The Morgan fingerprint density at radius 2 is 1.62 bits per heavy atom. The lowest BCUT2D eigenvalue weighted by Crippen LogP contribution is -2.34. The van der Waals surface area contributed by atoms with Gasteiger partial charge in [0.2, 0.25) is 5.24 Å². The molecular weight excluding hydrogens is 353 g/mol. The number of rotatable bonds is 6. The van der Waals surface area contributed by atoms with E-state index in [0.29, 0.717) is 5.69 Å². The molecule has 0 saturated heterocycles. The quantitative estimate of drug-likeness (QED) is 0.725. The molecule has 128 valence electrons. The van der Waals surface area contributed by atoms with Crippen molar-refractivity contribution in [2.24, 2.45) is 0 Å². The Hall–Kier alpha value is -1.92. The molecule has 0 aromatic heterocycles. The van der Waals surface area contributed by atoms with E-state index in [2.05, 4.69) is 0 Å². The fourth-order valence-corrected chi connectivity index (χ4v) is 3.80. The van der Waals surface area contributed by atoms with Gasteiger partial charge in [-0.3, -0.25) is 9.10 Å². The van der Waals surface area contributed by atoms with E-state index in [4.69, 9.17) is 11.6 Å². The van der Waals surface area contributed by atoms with Gasteiger partial charge in [0.1, 0.15) is 12.4 Å². The molecule has 2 aromatic rings. The van der Waals surface area contributed by atoms with Gasteiger partial charge in [-0.2, -0.15) is 0 Å². The number of sulfonamides is 1. The van der Waals surface area contributed by atoms with Crippen molar-refractivity contribution in [3.8, 4) is 0 Å². The third kappa shape index (κ3) is 4.13. The SMILES string of the molecule is CC(C)c1ccc(N(CC(=O)Cl)S(=O)(=O)c2ccc(F)cc2)cc1. The van der Waals surface area contributed by atoms with Crippen molar-refractivity contribution < 1.29 is 17.6 Å². The monoisotopic (exact) mass is 369 g/mol. The largest absolute Gasteiger partial charge is 0.279 e. The summed E-state index contributed by atoms with van der Waals surface area (Å²) in [7, 11) is -4.04. The third-order valence-electron chi connectivity index (χ3n) is 3.52. The number of anilines is 1. The number of carbonyl (C=O) groups excluding carboxylic acids is 1. The van der Waals surface area contributed by atoms with Gasteiger partial charge in [0.15, 0.2) is 0 Å². The van der Waals surface area contributed by atoms with Crippen LogP contribution in [0, 0.1) is 5.82 Å². The number of nitrogens with zero attached hydrogens (tertiary/aromatic N) is 1. The maximum atomic E-state index is 13.0. The molecule has 4 nitrogen and oxygen atoms in total. The average Bonchev–Trinajstić information content (AvgIpc) is 2.53. The summed E-state index contributed by atoms with van der Waals surface area (Å²) in [5, 5.41) is -0.811. The van der Waals surface area contributed by atoms with E-state index in [1.807, 2.05) is 13.8 Å². The predicted octanol–water partition coefficient (Wildman–Crippen LogP) is 3.91. The lowest BCUT2D eigenvalue weighted by Gasteiger charge is -2.23. The van der Waals surface area contributed by atoms with Crippen molar-refractivity contribution in [1.29, 1.82) is 0 Å². The van der Waals surface area contributed by atoms with Gasteiger partial charge in [0.25, 0.3) is 10.0 Å². The molecule has 0 unspecified atom stereocenters. The maximum Gasteiger partial charge on any atom is 0.264 e. The third-order valence-corrected chi connectivity index (χ3v) is 5.42. The minimum absolute atomic E-state index is 0.116. The standard InChI is InChI=1S/C17H17ClFNO3S/c1-12(2)13-3-7-15(8-4-13)20(11-17(18)21)24(22,23)16-9-5-14(19)6-10-16/h3-10,12H,11H2,1-2H3. The second-order valence-electron chi connectivity index (χ2n) is 5.57. The van der Waals surface area contributed by atoms with Crippen LogP contribution in [-0.4, -0.2) is 20.2 Å². The average molecular weight is 370 g/mol. The minimum atomic E-state index is -4.04. The van der Waals surface area contributed by atoms with Crippen molar-refractivity contribution in [2.75, 3.05) is 10.8 Å². The topological polar surface area (TPSA) is 54.5 Å². The van der Waals surface area contributed by atoms with Gasteiger partial charge < -0.3 is 0 Å². The van der Waals surface area contributed by atoms with E-state index in [0.717, 1.165) is 34.1 Å². The molecule has 0 fully saturated rings. The van der Waals surface area contributed by atoms with Crippen LogP contribution >= 0.6 is 11.6 Å². The molecule has 0 N–H and O–H groups in total. The first-order chi connectivity index (χ1) is 11.2. The summed E-state index contributed by atoms with van der Waals surface area (Å²) in [4.78, 5) is 11.2. The lowest BCUT2D eigenvalue weighted by atomic mass is 10.0. The van der Waals surface area contributed by atoms with Crippen molar-refractivity contribution in [3.63, 3.8) is 0 Å². The van der Waals surface area contributed by atoms with Crippen LogP contribution in [0.15, 0.2) is 53.4 Å². The van der Waals surface area contributed by atoms with Crippen molar-refractivity contribution in [2.45, 2.75) is 24.7 Å². The van der Waals surface area contributed by atoms with Crippen LogP contribution in [0.1, 0.15) is 25.3 Å². The number of hydrogen-bond acceptors (Lipinski definition) is 3. The zero-order valence-corrected chi connectivity index (χ0v) is 14.8. The molecule has 0 atom stereocenters. The molecule has 0 aliphatic rings. The molecule has 0 aliphatic carbocycles. The molecule has 0 saturated carbocycles. The highest BCUT2D eigenvalue weighted by Crippen LogP contribution is 2.26. The van der Waals surface area contributed by atoms with Gasteiger partial charge in [-0.1, -0.05) is 26.0 Å². The van der Waals surface area contributed by atoms with Crippen LogP contribution in [0.3, 0.4) is 0 Å². The molecule has 0 aliphatic heterocycles. The summed E-state index contributed by atoms with van der Waals surface area (Å²) in [6.07, 6.45) is 0. The summed E-state index contributed by atoms with van der Waals surface area (Å²) in [5.74, 6) is -0.258. The second kappa shape index (κ2) is 7.32. The lowest BCUT2D eigenvalue weighted by molar-refractivity contribution is -0.110. The van der Waals surface area contributed by atoms with Gasteiger partial charge >= 0.3 is 0 Å². The van der Waals surface area contributed by atoms with E-state index in [-0.39, 0.29) is 10.8 Å². The molecule has 2 aromatic carbocycles. The zero-order valence-electron chi connectivity index (χ0n) is 13.2. The van der Waals surface area contributed by atoms with E-state index in [1.54, 1.807) is 24.3 Å². The van der Waals surface area contributed by atoms with Crippen molar-refractivity contribution >= 4 is 32.6 Å². The molecular formula is C17H17ClFNO3S. The molecule has 0 radical (unpaired) electrons. The smallest absolute Gasteiger partial charge is 0.264 e. The van der Waals surface area contributed by atoms with Crippen LogP contribution in [0.4, 0.5) is 10.1 Å². The van der Waals surface area contributed by atoms with Gasteiger partial charge in [-0.15, -0.1) is 0 Å². The Balaban J connectivity index is 2.47. The van der Waals surface area contributed by atoms with Gasteiger partial charge in [-0.25, -0.2) is 12.8 Å². The summed E-state index contributed by atoms with van der Waals surface area (Å²) in [6.45, 7) is 3.52. The van der Waals surface area contributed by atoms with Crippen LogP contribution < -0.4 is 4.31 Å². The first kappa shape index (κ1) is 18.4. The highest BCUT2D eigenvalue weighted by atomic mass is 35.5. The number of benzene rings is 2. The van der Waals surface area contributed by atoms with E-state index >= 15 is 0 Å². The Morgan fingerprint density at radius 1 is 1.08 bits per heavy atom. The molecule has 0 heterocycles. The summed E-state index contributed by atoms with van der Waals surface area (Å²) in [6, 6.07) is 11.2. The summed E-state index contributed by atoms with van der Waals surface area (Å²) < 4.78 is 39.5. The Labute approximate surface area is 145 Å². The molecule has 7 heteroatoms. The Bertz CT molecular complexity index is 818. The van der Waals surface area contributed by atoms with E-state index < -0.39 is 27.6 Å². The predicted molar refractivity (Wildman–Crippen MR) is 92.3 cm³/mol. The van der Waals surface area contributed by atoms with Gasteiger partial charge in [-0.05, 0) is 59.5 Å². The molecule has 0 bridgehead atoms. The highest BCUT2D eigenvalue weighted by Gasteiger charge is 2.26. The highest BCUT2D eigenvalue weighted by molar-refractivity contribution is 7.92. The molecule has 2 rings (SSSR count). The fraction of sp³-hybridized carbons (Fsp3) is 0.235. The van der Waals surface area contributed by atoms with Crippen molar-refractivity contribution in [1.82, 2.24) is 0 Å². The van der Waals surface area contributed by atoms with Crippen LogP contribution in [0.5, 0.6) is 0 Å². The number of halogens is 2. The first-order valence-corrected chi connectivity index (χ1v) is 9.10. The van der Waals surface area contributed by atoms with Crippen LogP contribution in [-0.2, 0) is 14.8 Å². The van der Waals surface area contributed by atoms with E-state index in [9.17, 15) is 17.6 Å². The normalized spacial score (nSPS) is 11.5. The molecule has 0 amide bonds. The van der Waals surface area contributed by atoms with Crippen LogP contribution in [0.25, 0.3) is 0 Å². The number of carbonyl (C=O) groups is 1. The summed E-state index contributed by atoms with van der Waals surface area (Å²) in [5.41, 5.74) is 1.35. The van der Waals surface area contributed by atoms with Gasteiger partial charge in [0.05, 0.1) is 10.6 Å². The summed E-state index contributed by atoms with van der Waals surface area (Å²) >= 11 is 5.42. The van der Waals surface area contributed by atoms with Crippen LogP contribution in [0.2, 0.25) is 0 Å². The fourth-order valence-electron chi connectivity index (χ4n) is 2.19. The van der Waals surface area contributed by atoms with Crippen molar-refractivity contribution in [3.05, 3.63) is 59.9 Å². The van der Waals surface area contributed by atoms with Gasteiger partial charge in [0, 0.05) is 0 Å². The number of hydrogen-bond donors (Lipinski definition) is 0. The Kier molecular flexibility index (Phi) is 5.62. The van der Waals surface area contributed by atoms with E-state index in [1.165, 1.54) is 0 Å². The second-order valence-corrected chi connectivity index (χ2v) is 7.85. The minimum Gasteiger partial charge on any atom is -0.279 e. The molecule has 0 spiro atoms. The maximum absolute atomic E-state index is 13.0. The first-order valence-electron chi connectivity index (χ1n) is 7.28. The molecule has 24 heavy (non-hydrogen) atoms. The Morgan fingerprint density at radius 3 is 2.08 bits per heavy atom. The zero-order chi connectivity index (χ0) is 17.9.